The number of nitrogens with zero attached hydrogens (tertiary/aromatic N) is 2. The Balaban J connectivity index is 1.56. The Morgan fingerprint density at radius 2 is 1.65 bits per heavy atom. The Morgan fingerprint density at radius 1 is 0.903 bits per heavy atom. The summed E-state index contributed by atoms with van der Waals surface area (Å²) in [6.45, 7) is 0. The number of amides is 1. The largest absolute Gasteiger partial charge is 0.457 e. The molecule has 0 saturated heterocycles. The lowest BCUT2D eigenvalue weighted by Gasteiger charge is -2.06. The summed E-state index contributed by atoms with van der Waals surface area (Å²) in [6, 6.07) is 24.4. The zero-order chi connectivity index (χ0) is 21.4. The highest BCUT2D eigenvalue weighted by Crippen LogP contribution is 2.31. The summed E-state index contributed by atoms with van der Waals surface area (Å²) in [5.74, 6) is 0.867. The van der Waals surface area contributed by atoms with Crippen molar-refractivity contribution < 1.29 is 9.53 Å². The first-order valence-corrected chi connectivity index (χ1v) is 9.69. The zero-order valence-corrected chi connectivity index (χ0v) is 16.4. The van der Waals surface area contributed by atoms with Crippen LogP contribution in [0.4, 0.5) is 5.69 Å². The molecular weight excluding hydrogens is 390 g/mol. The maximum Gasteiger partial charge on any atom is 0.254 e. The van der Waals surface area contributed by atoms with Gasteiger partial charge in [0.05, 0.1) is 5.69 Å². The predicted molar refractivity (Wildman–Crippen MR) is 120 cm³/mol. The van der Waals surface area contributed by atoms with Gasteiger partial charge in [-0.2, -0.15) is 5.10 Å². The van der Waals surface area contributed by atoms with E-state index in [0.29, 0.717) is 28.3 Å². The maximum atomic E-state index is 12.3. The fraction of sp³-hybridized carbons (Fsp3) is 0. The zero-order valence-electron chi connectivity index (χ0n) is 16.4. The highest BCUT2D eigenvalue weighted by atomic mass is 16.5. The normalized spacial score (nSPS) is 11.0. The molecule has 5 N–H and O–H groups in total. The number of para-hydroxylation sites is 1. The first kappa shape index (κ1) is 18.5. The molecule has 7 nitrogen and oxygen atoms in total. The minimum Gasteiger partial charge on any atom is -0.457 e. The van der Waals surface area contributed by atoms with Crippen LogP contribution in [0, 0.1) is 0 Å². The number of aromatic nitrogens is 3. The number of carbonyl (C=O) groups excluding carboxylic acids is 1. The van der Waals surface area contributed by atoms with Crippen LogP contribution in [-0.4, -0.2) is 20.5 Å². The number of nitrogens with one attached hydrogen (secondary N) is 1. The molecule has 3 aromatic carbocycles. The average molecular weight is 409 g/mol. The topological polar surface area (TPSA) is 111 Å². The fourth-order valence-corrected chi connectivity index (χ4v) is 3.57. The van der Waals surface area contributed by atoms with Gasteiger partial charge in [0.25, 0.3) is 5.91 Å². The minimum absolute atomic E-state index is 0.326. The molecule has 0 fully saturated rings. The van der Waals surface area contributed by atoms with Crippen molar-refractivity contribution in [3.8, 4) is 34.0 Å². The van der Waals surface area contributed by atoms with Gasteiger partial charge in [-0.15, -0.1) is 0 Å². The number of benzene rings is 3. The molecule has 5 rings (SSSR count). The number of primary amides is 1. The Morgan fingerprint density at radius 3 is 2.35 bits per heavy atom. The lowest BCUT2D eigenvalue weighted by Crippen LogP contribution is -2.11. The van der Waals surface area contributed by atoms with Crippen molar-refractivity contribution in [2.75, 3.05) is 5.73 Å². The van der Waals surface area contributed by atoms with Crippen molar-refractivity contribution in [1.29, 1.82) is 0 Å². The monoisotopic (exact) mass is 409 g/mol. The summed E-state index contributed by atoms with van der Waals surface area (Å²) in [4.78, 5) is 15.4. The second-order valence-electron chi connectivity index (χ2n) is 7.09. The van der Waals surface area contributed by atoms with Crippen LogP contribution in [0.5, 0.6) is 11.5 Å². The molecule has 0 spiro atoms. The van der Waals surface area contributed by atoms with Crippen molar-refractivity contribution in [1.82, 2.24) is 14.6 Å². The van der Waals surface area contributed by atoms with E-state index >= 15 is 0 Å². The summed E-state index contributed by atoms with van der Waals surface area (Å²) in [6.07, 6.45) is 1.78. The number of H-pyrrole nitrogens is 1. The number of hydrogen-bond donors (Lipinski definition) is 3. The molecule has 7 heteroatoms. The number of aromatic amines is 1. The summed E-state index contributed by atoms with van der Waals surface area (Å²) in [7, 11) is 0. The Labute approximate surface area is 177 Å². The van der Waals surface area contributed by atoms with Crippen LogP contribution in [0.2, 0.25) is 0 Å². The second kappa shape index (κ2) is 7.38. The van der Waals surface area contributed by atoms with Gasteiger partial charge in [0, 0.05) is 23.0 Å². The molecule has 1 amide bonds. The van der Waals surface area contributed by atoms with Crippen molar-refractivity contribution in [2.45, 2.75) is 0 Å². The van der Waals surface area contributed by atoms with Gasteiger partial charge in [-0.3, -0.25) is 4.79 Å². The lowest BCUT2D eigenvalue weighted by atomic mass is 10.1. The van der Waals surface area contributed by atoms with Crippen molar-refractivity contribution >= 4 is 17.2 Å². The molecule has 0 bridgehead atoms. The van der Waals surface area contributed by atoms with E-state index in [1.807, 2.05) is 78.9 Å². The quantitative estimate of drug-likeness (QED) is 0.372. The van der Waals surface area contributed by atoms with Gasteiger partial charge in [-0.1, -0.05) is 30.3 Å². The number of nitrogens with two attached hydrogens (primary N) is 2. The molecule has 0 aliphatic heterocycles. The first-order valence-electron chi connectivity index (χ1n) is 9.69. The highest BCUT2D eigenvalue weighted by Gasteiger charge is 2.22. The van der Waals surface area contributed by atoms with Crippen LogP contribution in [0.1, 0.15) is 10.4 Å². The van der Waals surface area contributed by atoms with Gasteiger partial charge in [0.2, 0.25) is 0 Å². The van der Waals surface area contributed by atoms with E-state index in [9.17, 15) is 4.79 Å². The number of hydrogen-bond acceptors (Lipinski definition) is 4. The van der Waals surface area contributed by atoms with Crippen molar-refractivity contribution in [3.63, 3.8) is 0 Å². The van der Waals surface area contributed by atoms with Crippen molar-refractivity contribution in [3.05, 3.63) is 90.6 Å². The van der Waals surface area contributed by atoms with Crippen LogP contribution in [-0.2, 0) is 0 Å². The number of carbonyl (C=O) groups is 1. The highest BCUT2D eigenvalue weighted by molar-refractivity contribution is 6.05. The standard InChI is InChI=1S/C24H19N5O2/c25-17-6-4-5-16(13-17)20-14-27-24-21(23(26)30)22(28-29(20)24)15-9-11-19(12-10-15)31-18-7-2-1-3-8-18/h1-14,27H,25H2,(H2,26,30). The number of fused-ring (bicyclic) bond motifs is 1. The number of imidazole rings is 1. The molecule has 152 valence electrons. The Hall–Kier alpha value is -4.52. The third-order valence-electron chi connectivity index (χ3n) is 4.99. The smallest absolute Gasteiger partial charge is 0.254 e. The summed E-state index contributed by atoms with van der Waals surface area (Å²) < 4.78 is 7.52. The molecule has 0 unspecified atom stereocenters. The number of rotatable bonds is 5. The number of ether oxygens (including phenoxy) is 1. The van der Waals surface area contributed by atoms with Gasteiger partial charge in [-0.05, 0) is 48.5 Å². The molecule has 2 aromatic heterocycles. The lowest BCUT2D eigenvalue weighted by molar-refractivity contribution is 0.100. The third-order valence-corrected chi connectivity index (χ3v) is 4.99. The first-order chi connectivity index (χ1) is 15.1. The van der Waals surface area contributed by atoms with Crippen LogP contribution in [0.3, 0.4) is 0 Å². The molecule has 0 aliphatic carbocycles. The molecule has 0 saturated carbocycles. The SMILES string of the molecule is NC(=O)c1c(-c2ccc(Oc3ccccc3)cc2)nn2c(-c3cccc(N)c3)c[nH]c12. The average Bonchev–Trinajstić information content (AvgIpc) is 3.34. The predicted octanol–water partition coefficient (Wildman–Crippen LogP) is 4.47. The van der Waals surface area contributed by atoms with E-state index in [4.69, 9.17) is 16.2 Å². The van der Waals surface area contributed by atoms with E-state index in [1.165, 1.54) is 0 Å². The van der Waals surface area contributed by atoms with Gasteiger partial charge in [-0.25, -0.2) is 4.52 Å². The van der Waals surface area contributed by atoms with E-state index in [0.717, 1.165) is 22.6 Å². The molecular formula is C24H19N5O2. The van der Waals surface area contributed by atoms with Gasteiger partial charge in [0.1, 0.15) is 28.4 Å². The van der Waals surface area contributed by atoms with Gasteiger partial charge < -0.3 is 21.2 Å². The molecule has 31 heavy (non-hydrogen) atoms. The summed E-state index contributed by atoms with van der Waals surface area (Å²) in [5, 5.41) is 4.69. The third kappa shape index (κ3) is 3.38. The van der Waals surface area contributed by atoms with E-state index in [2.05, 4.69) is 10.1 Å². The second-order valence-corrected chi connectivity index (χ2v) is 7.09. The van der Waals surface area contributed by atoms with Crippen LogP contribution < -0.4 is 16.2 Å². The van der Waals surface area contributed by atoms with Crippen LogP contribution >= 0.6 is 0 Å². The Kier molecular flexibility index (Phi) is 4.41. The molecule has 0 radical (unpaired) electrons. The van der Waals surface area contributed by atoms with Crippen molar-refractivity contribution in [2.24, 2.45) is 5.73 Å². The van der Waals surface area contributed by atoms with Gasteiger partial charge in [0.15, 0.2) is 0 Å². The van der Waals surface area contributed by atoms with Crippen LogP contribution in [0.15, 0.2) is 85.1 Å². The number of anilines is 1. The molecule has 5 aromatic rings. The summed E-state index contributed by atoms with van der Waals surface area (Å²) >= 11 is 0. The van der Waals surface area contributed by atoms with E-state index in [1.54, 1.807) is 10.7 Å². The minimum atomic E-state index is -0.560. The van der Waals surface area contributed by atoms with E-state index in [-0.39, 0.29) is 0 Å². The molecule has 0 atom stereocenters. The van der Waals surface area contributed by atoms with E-state index < -0.39 is 5.91 Å². The maximum absolute atomic E-state index is 12.3. The van der Waals surface area contributed by atoms with Gasteiger partial charge >= 0.3 is 0 Å². The fourth-order valence-electron chi connectivity index (χ4n) is 3.57. The molecule has 2 heterocycles. The number of nitrogen functional groups attached to an aromatic ring is 1. The Bertz CT molecular complexity index is 1390. The van der Waals surface area contributed by atoms with Crippen LogP contribution in [0.25, 0.3) is 28.2 Å². The molecule has 0 aliphatic rings. The summed E-state index contributed by atoms with van der Waals surface area (Å²) in [5.41, 5.74) is 16.0.